The van der Waals surface area contributed by atoms with Crippen LogP contribution >= 0.6 is 12.4 Å². The molecule has 1 aliphatic carbocycles. The lowest BCUT2D eigenvalue weighted by Gasteiger charge is -2.35. The summed E-state index contributed by atoms with van der Waals surface area (Å²) in [4.78, 5) is 0. The Morgan fingerprint density at radius 2 is 1.73 bits per heavy atom. The molecule has 0 aromatic rings. The Hall–Kier alpha value is 0.160. The van der Waals surface area contributed by atoms with E-state index in [1.807, 2.05) is 6.92 Å². The van der Waals surface area contributed by atoms with Gasteiger partial charge in [0.1, 0.15) is 0 Å². The van der Waals surface area contributed by atoms with Gasteiger partial charge in [0.25, 0.3) is 0 Å². The molecule has 2 aliphatic rings. The van der Waals surface area contributed by atoms with Crippen molar-refractivity contribution in [1.82, 2.24) is 4.31 Å². The predicted octanol–water partition coefficient (Wildman–Crippen LogP) is 0.714. The van der Waals surface area contributed by atoms with E-state index >= 15 is 0 Å². The van der Waals surface area contributed by atoms with Gasteiger partial charge in [0.15, 0.2) is 0 Å². The van der Waals surface area contributed by atoms with E-state index in [2.05, 4.69) is 0 Å². The van der Waals surface area contributed by atoms with Crippen LogP contribution in [0.1, 0.15) is 32.6 Å². The molecule has 4 nitrogen and oxygen atoms in total. The highest BCUT2D eigenvalue weighted by atomic mass is 35.5. The van der Waals surface area contributed by atoms with Crippen LogP contribution < -0.4 is 5.73 Å². The first kappa shape index (κ1) is 13.2. The van der Waals surface area contributed by atoms with E-state index in [4.69, 9.17) is 5.73 Å². The average molecular weight is 255 g/mol. The van der Waals surface area contributed by atoms with Crippen LogP contribution in [0.15, 0.2) is 0 Å². The minimum atomic E-state index is -2.96. The highest BCUT2D eigenvalue weighted by molar-refractivity contribution is 7.90. The standard InChI is InChI=1S/C9H18N2O2S.ClH/c1-9(10)4-6-11(7-5-9)14(12,13)8-2-3-8;/h8H,2-7,10H2,1H3;1H. The Balaban J connectivity index is 0.00000112. The lowest BCUT2D eigenvalue weighted by atomic mass is 9.92. The lowest BCUT2D eigenvalue weighted by Crippen LogP contribution is -2.50. The second-order valence-electron chi connectivity index (χ2n) is 4.80. The van der Waals surface area contributed by atoms with Crippen molar-refractivity contribution in [2.45, 2.75) is 43.4 Å². The number of nitrogens with zero attached hydrogens (tertiary/aromatic N) is 1. The zero-order valence-electron chi connectivity index (χ0n) is 8.98. The third-order valence-electron chi connectivity index (χ3n) is 3.17. The Labute approximate surface area is 97.7 Å². The van der Waals surface area contributed by atoms with Gasteiger partial charge in [-0.25, -0.2) is 12.7 Å². The van der Waals surface area contributed by atoms with Crippen molar-refractivity contribution < 1.29 is 8.42 Å². The SMILES string of the molecule is CC1(N)CCN(S(=O)(=O)C2CC2)CC1.Cl. The molecule has 6 heteroatoms. The van der Waals surface area contributed by atoms with Gasteiger partial charge in [-0.3, -0.25) is 0 Å². The van der Waals surface area contributed by atoms with Crippen molar-refractivity contribution >= 4 is 22.4 Å². The highest BCUT2D eigenvalue weighted by Crippen LogP contribution is 2.33. The van der Waals surface area contributed by atoms with E-state index in [1.165, 1.54) is 0 Å². The monoisotopic (exact) mass is 254 g/mol. The highest BCUT2D eigenvalue weighted by Gasteiger charge is 2.42. The van der Waals surface area contributed by atoms with Gasteiger partial charge in [-0.15, -0.1) is 12.4 Å². The third-order valence-corrected chi connectivity index (χ3v) is 5.57. The molecule has 0 unspecified atom stereocenters. The summed E-state index contributed by atoms with van der Waals surface area (Å²) in [7, 11) is -2.96. The summed E-state index contributed by atoms with van der Waals surface area (Å²) in [6.07, 6.45) is 3.25. The zero-order chi connectivity index (χ0) is 10.4. The third kappa shape index (κ3) is 2.84. The number of halogens is 1. The first-order valence-electron chi connectivity index (χ1n) is 5.20. The van der Waals surface area contributed by atoms with Crippen molar-refractivity contribution in [3.63, 3.8) is 0 Å². The Morgan fingerprint density at radius 1 is 1.27 bits per heavy atom. The van der Waals surface area contributed by atoms with Crippen LogP contribution in [0.3, 0.4) is 0 Å². The number of sulfonamides is 1. The first-order chi connectivity index (χ1) is 6.42. The molecule has 2 fully saturated rings. The first-order valence-corrected chi connectivity index (χ1v) is 6.70. The van der Waals surface area contributed by atoms with E-state index in [0.29, 0.717) is 13.1 Å². The van der Waals surface area contributed by atoms with Crippen LogP contribution in [0.5, 0.6) is 0 Å². The molecule has 2 rings (SSSR count). The Bertz CT molecular complexity index is 315. The minimum absolute atomic E-state index is 0. The zero-order valence-corrected chi connectivity index (χ0v) is 10.6. The summed E-state index contributed by atoms with van der Waals surface area (Å²) in [6.45, 7) is 3.20. The van der Waals surface area contributed by atoms with E-state index < -0.39 is 10.0 Å². The van der Waals surface area contributed by atoms with Crippen LogP contribution in [0.2, 0.25) is 0 Å². The summed E-state index contributed by atoms with van der Waals surface area (Å²) in [5.74, 6) is 0. The van der Waals surface area contributed by atoms with Gasteiger partial charge in [-0.1, -0.05) is 0 Å². The average Bonchev–Trinajstić information content (AvgIpc) is 2.85. The van der Waals surface area contributed by atoms with Gasteiger partial charge in [0, 0.05) is 18.6 Å². The molecule has 90 valence electrons. The van der Waals surface area contributed by atoms with Crippen molar-refractivity contribution in [2.75, 3.05) is 13.1 Å². The van der Waals surface area contributed by atoms with Gasteiger partial charge in [0.05, 0.1) is 5.25 Å². The second kappa shape index (κ2) is 4.20. The lowest BCUT2D eigenvalue weighted by molar-refractivity contribution is 0.252. The topological polar surface area (TPSA) is 63.4 Å². The van der Waals surface area contributed by atoms with Gasteiger partial charge in [0.2, 0.25) is 10.0 Å². The fourth-order valence-corrected chi connectivity index (χ4v) is 3.67. The molecular weight excluding hydrogens is 236 g/mol. The molecule has 15 heavy (non-hydrogen) atoms. The number of piperidine rings is 1. The Morgan fingerprint density at radius 3 is 2.13 bits per heavy atom. The normalized spacial score (nSPS) is 27.1. The summed E-state index contributed by atoms with van der Waals surface area (Å²) in [6, 6.07) is 0. The van der Waals surface area contributed by atoms with Gasteiger partial charge < -0.3 is 5.73 Å². The fourth-order valence-electron chi connectivity index (χ4n) is 1.83. The Kier molecular flexibility index (Phi) is 3.70. The summed E-state index contributed by atoms with van der Waals surface area (Å²) >= 11 is 0. The van der Waals surface area contributed by atoms with E-state index in [1.54, 1.807) is 4.31 Å². The largest absolute Gasteiger partial charge is 0.325 e. The molecule has 1 saturated carbocycles. The molecule has 1 saturated heterocycles. The molecular formula is C9H19ClN2O2S. The quantitative estimate of drug-likeness (QED) is 0.790. The predicted molar refractivity (Wildman–Crippen MR) is 62.6 cm³/mol. The van der Waals surface area contributed by atoms with Crippen LogP contribution in [0.4, 0.5) is 0 Å². The smallest absolute Gasteiger partial charge is 0.216 e. The molecule has 0 bridgehead atoms. The second-order valence-corrected chi connectivity index (χ2v) is 7.01. The van der Waals surface area contributed by atoms with Gasteiger partial charge in [-0.05, 0) is 32.6 Å². The summed E-state index contributed by atoms with van der Waals surface area (Å²) in [5, 5.41) is -0.0790. The maximum atomic E-state index is 11.8. The summed E-state index contributed by atoms with van der Waals surface area (Å²) < 4.78 is 25.3. The van der Waals surface area contributed by atoms with Crippen LogP contribution in [-0.4, -0.2) is 36.6 Å². The van der Waals surface area contributed by atoms with Gasteiger partial charge >= 0.3 is 0 Å². The number of nitrogens with two attached hydrogens (primary N) is 1. The molecule has 0 aromatic carbocycles. The van der Waals surface area contributed by atoms with Crippen molar-refractivity contribution in [2.24, 2.45) is 5.73 Å². The molecule has 0 aromatic heterocycles. The molecule has 0 radical (unpaired) electrons. The molecule has 2 N–H and O–H groups in total. The van der Waals surface area contributed by atoms with E-state index in [9.17, 15) is 8.42 Å². The molecule has 0 spiro atoms. The van der Waals surface area contributed by atoms with E-state index in [-0.39, 0.29) is 23.2 Å². The van der Waals surface area contributed by atoms with Crippen LogP contribution in [0.25, 0.3) is 0 Å². The number of hydrogen-bond donors (Lipinski definition) is 1. The summed E-state index contributed by atoms with van der Waals surface area (Å²) in [5.41, 5.74) is 5.78. The van der Waals surface area contributed by atoms with E-state index in [0.717, 1.165) is 25.7 Å². The molecule has 1 aliphatic heterocycles. The number of hydrogen-bond acceptors (Lipinski definition) is 3. The van der Waals surface area contributed by atoms with Crippen LogP contribution in [-0.2, 0) is 10.0 Å². The van der Waals surface area contributed by atoms with Crippen molar-refractivity contribution in [3.05, 3.63) is 0 Å². The minimum Gasteiger partial charge on any atom is -0.325 e. The molecule has 0 amide bonds. The molecule has 1 heterocycles. The number of rotatable bonds is 2. The van der Waals surface area contributed by atoms with Gasteiger partial charge in [-0.2, -0.15) is 0 Å². The fraction of sp³-hybridized carbons (Fsp3) is 1.00. The van der Waals surface area contributed by atoms with Crippen molar-refractivity contribution in [3.8, 4) is 0 Å². The van der Waals surface area contributed by atoms with Crippen LogP contribution in [0, 0.1) is 0 Å². The maximum absolute atomic E-state index is 11.8. The maximum Gasteiger partial charge on any atom is 0.216 e. The van der Waals surface area contributed by atoms with Crippen molar-refractivity contribution in [1.29, 1.82) is 0 Å². The molecule has 0 atom stereocenters.